The molecule has 0 saturated heterocycles. The maximum Gasteiger partial charge on any atom is 0.417 e. The normalized spacial score (nSPS) is 10.9. The van der Waals surface area contributed by atoms with Gasteiger partial charge in [0.2, 0.25) is 0 Å². The Labute approximate surface area is 124 Å². The molecule has 2 N–H and O–H groups in total. The molecule has 20 heavy (non-hydrogen) atoms. The molecule has 1 heterocycles. The first-order valence-electron chi connectivity index (χ1n) is 5.92. The van der Waals surface area contributed by atoms with Gasteiger partial charge in [-0.1, -0.05) is 29.3 Å². The number of rotatable bonds is 3. The molecule has 3 aromatic rings. The van der Waals surface area contributed by atoms with Crippen LogP contribution in [0.5, 0.6) is 0 Å². The maximum atomic E-state index is 11.1. The second kappa shape index (κ2) is 5.23. The number of oxazole rings is 1. The second-order valence-corrected chi connectivity index (χ2v) is 5.16. The molecule has 4 nitrogen and oxygen atoms in total. The van der Waals surface area contributed by atoms with Crippen molar-refractivity contribution >= 4 is 40.0 Å². The third-order valence-electron chi connectivity index (χ3n) is 2.92. The van der Waals surface area contributed by atoms with Crippen molar-refractivity contribution in [3.8, 4) is 0 Å². The molecule has 1 aromatic heterocycles. The smallest absolute Gasteiger partial charge is 0.408 e. The van der Waals surface area contributed by atoms with Crippen LogP contribution in [0.1, 0.15) is 5.56 Å². The molecule has 6 heteroatoms. The molecule has 3 rings (SSSR count). The second-order valence-electron chi connectivity index (χ2n) is 4.31. The van der Waals surface area contributed by atoms with Crippen LogP contribution >= 0.6 is 23.2 Å². The number of halogens is 2. The van der Waals surface area contributed by atoms with E-state index in [4.69, 9.17) is 27.6 Å². The van der Waals surface area contributed by atoms with Gasteiger partial charge in [0.1, 0.15) is 0 Å². The van der Waals surface area contributed by atoms with Gasteiger partial charge in [-0.25, -0.2) is 4.79 Å². The van der Waals surface area contributed by atoms with Crippen LogP contribution in [0, 0.1) is 0 Å². The van der Waals surface area contributed by atoms with E-state index in [2.05, 4.69) is 10.3 Å². The molecule has 0 aliphatic heterocycles. The fourth-order valence-corrected chi connectivity index (χ4v) is 2.40. The number of anilines is 1. The molecule has 0 radical (unpaired) electrons. The van der Waals surface area contributed by atoms with E-state index in [1.807, 2.05) is 18.2 Å². The third kappa shape index (κ3) is 2.66. The van der Waals surface area contributed by atoms with Gasteiger partial charge in [-0.05, 0) is 35.9 Å². The SMILES string of the molecule is O=c1[nH]c2cc(NCc3ccc(Cl)cc3Cl)ccc2o1. The Balaban J connectivity index is 1.80. The van der Waals surface area contributed by atoms with Gasteiger partial charge in [0, 0.05) is 22.3 Å². The van der Waals surface area contributed by atoms with Crippen LogP contribution in [-0.2, 0) is 6.54 Å². The summed E-state index contributed by atoms with van der Waals surface area (Å²) in [6, 6.07) is 10.8. The highest BCUT2D eigenvalue weighted by Crippen LogP contribution is 2.22. The third-order valence-corrected chi connectivity index (χ3v) is 3.50. The van der Waals surface area contributed by atoms with Crippen molar-refractivity contribution in [3.05, 3.63) is 62.6 Å². The zero-order chi connectivity index (χ0) is 14.1. The molecule has 0 bridgehead atoms. The Morgan fingerprint density at radius 3 is 2.80 bits per heavy atom. The van der Waals surface area contributed by atoms with Crippen LogP contribution < -0.4 is 11.1 Å². The molecule has 0 atom stereocenters. The van der Waals surface area contributed by atoms with Crippen LogP contribution in [0.4, 0.5) is 5.69 Å². The van der Waals surface area contributed by atoms with Crippen LogP contribution in [0.25, 0.3) is 11.1 Å². The van der Waals surface area contributed by atoms with Gasteiger partial charge in [0.25, 0.3) is 0 Å². The van der Waals surface area contributed by atoms with E-state index >= 15 is 0 Å². The molecule has 0 unspecified atom stereocenters. The number of hydrogen-bond acceptors (Lipinski definition) is 3. The molecule has 102 valence electrons. The molecule has 0 saturated carbocycles. The summed E-state index contributed by atoms with van der Waals surface area (Å²) in [5, 5.41) is 4.45. The highest BCUT2D eigenvalue weighted by Gasteiger charge is 2.04. The molecule has 0 aliphatic rings. The Kier molecular flexibility index (Phi) is 3.42. The van der Waals surface area contributed by atoms with Gasteiger partial charge in [-0.3, -0.25) is 4.98 Å². The molecular weight excluding hydrogens is 299 g/mol. The summed E-state index contributed by atoms with van der Waals surface area (Å²) in [4.78, 5) is 13.7. The van der Waals surface area contributed by atoms with Crippen molar-refractivity contribution < 1.29 is 4.42 Å². The quantitative estimate of drug-likeness (QED) is 0.767. The van der Waals surface area contributed by atoms with Crippen molar-refractivity contribution in [2.75, 3.05) is 5.32 Å². The van der Waals surface area contributed by atoms with Crippen LogP contribution in [0.3, 0.4) is 0 Å². The number of aromatic nitrogens is 1. The predicted octanol–water partition coefficient (Wildman–Crippen LogP) is 4.04. The van der Waals surface area contributed by atoms with Crippen molar-refractivity contribution in [2.24, 2.45) is 0 Å². The summed E-state index contributed by atoms with van der Waals surface area (Å²) in [5.41, 5.74) is 2.99. The lowest BCUT2D eigenvalue weighted by Gasteiger charge is -2.08. The summed E-state index contributed by atoms with van der Waals surface area (Å²) in [6.45, 7) is 0.559. The van der Waals surface area contributed by atoms with Crippen LogP contribution in [0.2, 0.25) is 10.0 Å². The van der Waals surface area contributed by atoms with E-state index in [1.165, 1.54) is 0 Å². The minimum absolute atomic E-state index is 0.460. The molecular formula is C14H10Cl2N2O2. The monoisotopic (exact) mass is 308 g/mol. The first-order chi connectivity index (χ1) is 9.61. The lowest BCUT2D eigenvalue weighted by atomic mass is 10.2. The number of aromatic amines is 1. The summed E-state index contributed by atoms with van der Waals surface area (Å²) in [5.74, 6) is -0.460. The first kappa shape index (κ1) is 13.1. The predicted molar refractivity (Wildman–Crippen MR) is 80.6 cm³/mol. The summed E-state index contributed by atoms with van der Waals surface area (Å²) in [6.07, 6.45) is 0. The highest BCUT2D eigenvalue weighted by molar-refractivity contribution is 6.35. The zero-order valence-electron chi connectivity index (χ0n) is 10.2. The van der Waals surface area contributed by atoms with E-state index in [0.29, 0.717) is 27.7 Å². The number of hydrogen-bond donors (Lipinski definition) is 2. The number of fused-ring (bicyclic) bond motifs is 1. The number of nitrogens with one attached hydrogen (secondary N) is 2. The van der Waals surface area contributed by atoms with Crippen LogP contribution in [0.15, 0.2) is 45.6 Å². The van der Waals surface area contributed by atoms with E-state index < -0.39 is 5.76 Å². The molecule has 2 aromatic carbocycles. The molecule has 0 spiro atoms. The number of H-pyrrole nitrogens is 1. The van der Waals surface area contributed by atoms with Gasteiger partial charge < -0.3 is 9.73 Å². The van der Waals surface area contributed by atoms with Crippen LogP contribution in [-0.4, -0.2) is 4.98 Å². The highest BCUT2D eigenvalue weighted by atomic mass is 35.5. The van der Waals surface area contributed by atoms with E-state index in [9.17, 15) is 4.79 Å². The van der Waals surface area contributed by atoms with Gasteiger partial charge in [-0.2, -0.15) is 0 Å². The summed E-state index contributed by atoms with van der Waals surface area (Å²) in [7, 11) is 0. The first-order valence-corrected chi connectivity index (χ1v) is 6.68. The van der Waals surface area contributed by atoms with Gasteiger partial charge in [0.15, 0.2) is 5.58 Å². The van der Waals surface area contributed by atoms with Crippen molar-refractivity contribution in [1.29, 1.82) is 0 Å². The van der Waals surface area contributed by atoms with Gasteiger partial charge in [-0.15, -0.1) is 0 Å². The topological polar surface area (TPSA) is 58.0 Å². The fraction of sp³-hybridized carbons (Fsp3) is 0.0714. The summed E-state index contributed by atoms with van der Waals surface area (Å²) >= 11 is 12.0. The Hall–Kier alpha value is -1.91. The molecule has 0 fully saturated rings. The van der Waals surface area contributed by atoms with Crippen molar-refractivity contribution in [2.45, 2.75) is 6.54 Å². The molecule has 0 amide bonds. The average molecular weight is 309 g/mol. The van der Waals surface area contributed by atoms with E-state index in [1.54, 1.807) is 18.2 Å². The van der Waals surface area contributed by atoms with Gasteiger partial charge in [0.05, 0.1) is 5.52 Å². The van der Waals surface area contributed by atoms with E-state index in [0.717, 1.165) is 11.3 Å². The fourth-order valence-electron chi connectivity index (χ4n) is 1.92. The molecule has 0 aliphatic carbocycles. The Bertz CT molecular complexity index is 823. The van der Waals surface area contributed by atoms with Gasteiger partial charge >= 0.3 is 5.76 Å². The number of benzene rings is 2. The standard InChI is InChI=1S/C14H10Cl2N2O2/c15-9-2-1-8(11(16)5-9)7-17-10-3-4-13-12(6-10)18-14(19)20-13/h1-6,17H,7H2,(H,18,19). The minimum atomic E-state index is -0.460. The zero-order valence-corrected chi connectivity index (χ0v) is 11.8. The average Bonchev–Trinajstić information content (AvgIpc) is 2.77. The minimum Gasteiger partial charge on any atom is -0.408 e. The Morgan fingerprint density at radius 2 is 2.00 bits per heavy atom. The maximum absolute atomic E-state index is 11.1. The van der Waals surface area contributed by atoms with E-state index in [-0.39, 0.29) is 0 Å². The lowest BCUT2D eigenvalue weighted by molar-refractivity contribution is 0.555. The lowest BCUT2D eigenvalue weighted by Crippen LogP contribution is -2.00. The van der Waals surface area contributed by atoms with Crippen molar-refractivity contribution in [3.63, 3.8) is 0 Å². The Morgan fingerprint density at radius 1 is 1.15 bits per heavy atom. The van der Waals surface area contributed by atoms with Crippen molar-refractivity contribution in [1.82, 2.24) is 4.98 Å². The summed E-state index contributed by atoms with van der Waals surface area (Å²) < 4.78 is 4.94. The largest absolute Gasteiger partial charge is 0.417 e.